The van der Waals surface area contributed by atoms with E-state index in [9.17, 15) is 8.42 Å². The fourth-order valence-corrected chi connectivity index (χ4v) is 3.66. The normalized spacial score (nSPS) is 17.6. The molecule has 0 unspecified atom stereocenters. The van der Waals surface area contributed by atoms with Crippen LogP contribution in [0.5, 0.6) is 0 Å². The monoisotopic (exact) mass is 294 g/mol. The van der Waals surface area contributed by atoms with E-state index in [4.69, 9.17) is 15.3 Å². The van der Waals surface area contributed by atoms with Crippen LogP contribution in [0.4, 0.5) is 0 Å². The van der Waals surface area contributed by atoms with Crippen LogP contribution in [0.15, 0.2) is 29.2 Å². The first-order valence-electron chi connectivity index (χ1n) is 6.31. The zero-order valence-electron chi connectivity index (χ0n) is 10.8. The molecule has 0 atom stereocenters. The van der Waals surface area contributed by atoms with Gasteiger partial charge in [-0.1, -0.05) is 12.1 Å². The molecule has 0 spiro atoms. The van der Waals surface area contributed by atoms with E-state index in [0.717, 1.165) is 0 Å². The van der Waals surface area contributed by atoms with Crippen molar-refractivity contribution >= 4 is 22.6 Å². The number of rotatable bonds is 3. The summed E-state index contributed by atoms with van der Waals surface area (Å²) in [6.07, 6.45) is 1.09. The summed E-state index contributed by atoms with van der Waals surface area (Å²) in [7, 11) is -5.19. The van der Waals surface area contributed by atoms with Crippen molar-refractivity contribution in [2.75, 3.05) is 13.1 Å². The highest BCUT2D eigenvalue weighted by molar-refractivity contribution is 7.89. The van der Waals surface area contributed by atoms with Crippen LogP contribution in [0.25, 0.3) is 0 Å². The first kappa shape index (κ1) is 15.0. The van der Waals surface area contributed by atoms with Gasteiger partial charge in [0.2, 0.25) is 10.0 Å². The van der Waals surface area contributed by atoms with Crippen LogP contribution >= 0.6 is 0 Å². The lowest BCUT2D eigenvalue weighted by atomic mass is 9.81. The predicted molar refractivity (Wildman–Crippen MR) is 73.4 cm³/mol. The number of hydrogen-bond donors (Lipinski definition) is 2. The van der Waals surface area contributed by atoms with Crippen molar-refractivity contribution in [3.05, 3.63) is 24.3 Å². The molecule has 1 fully saturated rings. The minimum absolute atomic E-state index is 0.0756. The third kappa shape index (κ3) is 3.02. The molecule has 0 saturated carbocycles. The van der Waals surface area contributed by atoms with Gasteiger partial charge in [-0.15, -0.1) is 0 Å². The lowest BCUT2D eigenvalue weighted by molar-refractivity contribution is 0.310. The van der Waals surface area contributed by atoms with Gasteiger partial charge in [0.1, 0.15) is 0 Å². The minimum Gasteiger partial charge on any atom is -0.423 e. The number of nitrogens with zero attached hydrogens (tertiary/aromatic N) is 2. The number of piperidine rings is 1. The molecule has 2 N–H and O–H groups in total. The molecule has 8 heteroatoms. The molecule has 0 radical (unpaired) electrons. The molecule has 1 aromatic rings. The fraction of sp³-hybridized carbons (Fsp3) is 0.417. The van der Waals surface area contributed by atoms with E-state index in [1.807, 2.05) is 0 Å². The Morgan fingerprint density at radius 3 is 2.20 bits per heavy atom. The van der Waals surface area contributed by atoms with Gasteiger partial charge < -0.3 is 10.0 Å². The summed E-state index contributed by atoms with van der Waals surface area (Å²) < 4.78 is 26.1. The quantitative estimate of drug-likeness (QED) is 0.717. The van der Waals surface area contributed by atoms with Gasteiger partial charge in [-0.25, -0.2) is 8.42 Å². The van der Waals surface area contributed by atoms with Crippen molar-refractivity contribution in [3.63, 3.8) is 0 Å². The Balaban J connectivity index is 2.17. The van der Waals surface area contributed by atoms with Crippen LogP contribution in [-0.2, 0) is 10.0 Å². The summed E-state index contributed by atoms with van der Waals surface area (Å²) in [6, 6.07) is 7.63. The molecule has 1 saturated heterocycles. The molecule has 1 aromatic carbocycles. The second-order valence-corrected chi connectivity index (χ2v) is 6.69. The van der Waals surface area contributed by atoms with Crippen molar-refractivity contribution in [3.8, 4) is 6.07 Å². The molecule has 0 bridgehead atoms. The number of nitriles is 1. The lowest BCUT2D eigenvalue weighted by Crippen LogP contribution is -2.38. The minimum atomic E-state index is -3.58. The fourth-order valence-electron chi connectivity index (χ4n) is 2.19. The maximum atomic E-state index is 12.4. The van der Waals surface area contributed by atoms with Crippen LogP contribution in [0.3, 0.4) is 0 Å². The second-order valence-electron chi connectivity index (χ2n) is 4.75. The van der Waals surface area contributed by atoms with E-state index < -0.39 is 17.1 Å². The third-order valence-electron chi connectivity index (χ3n) is 3.45. The van der Waals surface area contributed by atoms with E-state index in [2.05, 4.69) is 6.07 Å². The van der Waals surface area contributed by atoms with Crippen LogP contribution in [0.2, 0.25) is 0 Å². The van der Waals surface area contributed by atoms with Gasteiger partial charge in [-0.2, -0.15) is 9.57 Å². The number of benzene rings is 1. The van der Waals surface area contributed by atoms with Gasteiger partial charge in [0.05, 0.1) is 11.0 Å². The Kier molecular flexibility index (Phi) is 4.45. The summed E-state index contributed by atoms with van der Waals surface area (Å²) in [4.78, 5) is 0.123. The van der Waals surface area contributed by atoms with Gasteiger partial charge in [-0.3, -0.25) is 0 Å². The molecule has 1 heterocycles. The summed E-state index contributed by atoms with van der Waals surface area (Å²) in [5.74, 6) is -0.0756. The summed E-state index contributed by atoms with van der Waals surface area (Å²) in [5, 5.41) is 26.8. The standard InChI is InChI=1S/C12H15BN2O4S/c14-9-10-5-7-15(8-6-10)20(18,19)12-3-1-11(2-4-12)13(16)17/h1-4,10,16-17H,5-8H2. The van der Waals surface area contributed by atoms with Crippen molar-refractivity contribution < 1.29 is 18.5 Å². The van der Waals surface area contributed by atoms with Crippen LogP contribution < -0.4 is 5.46 Å². The van der Waals surface area contributed by atoms with Crippen molar-refractivity contribution in [2.24, 2.45) is 5.92 Å². The highest BCUT2D eigenvalue weighted by Gasteiger charge is 2.29. The van der Waals surface area contributed by atoms with E-state index in [-0.39, 0.29) is 16.3 Å². The van der Waals surface area contributed by atoms with Gasteiger partial charge in [-0.05, 0) is 30.4 Å². The van der Waals surface area contributed by atoms with Crippen molar-refractivity contribution in [2.45, 2.75) is 17.7 Å². The first-order valence-corrected chi connectivity index (χ1v) is 7.75. The van der Waals surface area contributed by atoms with Gasteiger partial charge in [0, 0.05) is 19.0 Å². The average molecular weight is 294 g/mol. The van der Waals surface area contributed by atoms with E-state index in [0.29, 0.717) is 25.9 Å². The molecular formula is C12H15BN2O4S. The van der Waals surface area contributed by atoms with Crippen molar-refractivity contribution in [1.29, 1.82) is 5.26 Å². The molecule has 1 aliphatic rings. The van der Waals surface area contributed by atoms with Crippen LogP contribution in [0.1, 0.15) is 12.8 Å². The molecule has 20 heavy (non-hydrogen) atoms. The highest BCUT2D eigenvalue weighted by Crippen LogP contribution is 2.22. The molecular weight excluding hydrogens is 279 g/mol. The molecule has 2 rings (SSSR count). The first-order chi connectivity index (χ1) is 9.45. The van der Waals surface area contributed by atoms with Crippen LogP contribution in [-0.4, -0.2) is 43.0 Å². The predicted octanol–water partition coefficient (Wildman–Crippen LogP) is -0.709. The largest absolute Gasteiger partial charge is 0.488 e. The number of hydrogen-bond acceptors (Lipinski definition) is 5. The second kappa shape index (κ2) is 5.93. The lowest BCUT2D eigenvalue weighted by Gasteiger charge is -2.28. The molecule has 0 aromatic heterocycles. The summed E-state index contributed by atoms with van der Waals surface area (Å²) >= 11 is 0. The molecule has 106 valence electrons. The Hall–Kier alpha value is -1.40. The summed E-state index contributed by atoms with van der Waals surface area (Å²) in [5.41, 5.74) is 0.243. The smallest absolute Gasteiger partial charge is 0.423 e. The Bertz CT molecular complexity index is 601. The molecule has 6 nitrogen and oxygen atoms in total. The Morgan fingerprint density at radius 2 is 1.75 bits per heavy atom. The van der Waals surface area contributed by atoms with E-state index >= 15 is 0 Å². The Morgan fingerprint density at radius 1 is 1.20 bits per heavy atom. The zero-order chi connectivity index (χ0) is 14.8. The van der Waals surface area contributed by atoms with Gasteiger partial charge >= 0.3 is 7.12 Å². The molecule has 0 amide bonds. The topological polar surface area (TPSA) is 102 Å². The third-order valence-corrected chi connectivity index (χ3v) is 5.37. The number of sulfonamides is 1. The SMILES string of the molecule is N#CC1CCN(S(=O)(=O)c2ccc(B(O)O)cc2)CC1. The van der Waals surface area contributed by atoms with Gasteiger partial charge in [0.25, 0.3) is 0 Å². The van der Waals surface area contributed by atoms with E-state index in [1.54, 1.807) is 0 Å². The van der Waals surface area contributed by atoms with Gasteiger partial charge in [0.15, 0.2) is 0 Å². The van der Waals surface area contributed by atoms with Crippen LogP contribution in [0, 0.1) is 17.2 Å². The zero-order valence-corrected chi connectivity index (χ0v) is 11.6. The summed E-state index contributed by atoms with van der Waals surface area (Å²) in [6.45, 7) is 0.676. The molecule has 1 aliphatic heterocycles. The Labute approximate surface area is 118 Å². The maximum Gasteiger partial charge on any atom is 0.488 e. The molecule has 0 aliphatic carbocycles. The highest BCUT2D eigenvalue weighted by atomic mass is 32.2. The van der Waals surface area contributed by atoms with Crippen molar-refractivity contribution in [1.82, 2.24) is 4.31 Å². The average Bonchev–Trinajstić information content (AvgIpc) is 2.47. The maximum absolute atomic E-state index is 12.4. The van der Waals surface area contributed by atoms with E-state index in [1.165, 1.54) is 28.6 Å².